The van der Waals surface area contributed by atoms with E-state index in [4.69, 9.17) is 0 Å². The highest BCUT2D eigenvalue weighted by Gasteiger charge is 2.50. The average Bonchev–Trinajstić information content (AvgIpc) is 2.26. The number of halogens is 1. The van der Waals surface area contributed by atoms with Crippen molar-refractivity contribution in [1.29, 1.82) is 0 Å². The Balaban J connectivity index is 2.06. The van der Waals surface area contributed by atoms with E-state index in [1.807, 2.05) is 0 Å². The summed E-state index contributed by atoms with van der Waals surface area (Å²) in [5, 5.41) is 0. The molecule has 0 spiro atoms. The van der Waals surface area contributed by atoms with Crippen LogP contribution in [0.15, 0.2) is 0 Å². The zero-order valence-corrected chi connectivity index (χ0v) is 6.39. The van der Waals surface area contributed by atoms with Gasteiger partial charge in [0.1, 0.15) is 0 Å². The molecule has 0 radical (unpaired) electrons. The third-order valence-electron chi connectivity index (χ3n) is 2.30. The van der Waals surface area contributed by atoms with Crippen molar-refractivity contribution >= 4 is 22.6 Å². The summed E-state index contributed by atoms with van der Waals surface area (Å²) in [6.45, 7) is 0. The Morgan fingerprint density at radius 3 is 2.00 bits per heavy atom. The second-order valence-corrected chi connectivity index (χ2v) is 4.14. The van der Waals surface area contributed by atoms with Gasteiger partial charge in [0.05, 0.1) is 0 Å². The van der Waals surface area contributed by atoms with Crippen molar-refractivity contribution in [2.75, 3.05) is 0 Å². The Labute approximate surface area is 57.8 Å². The summed E-state index contributed by atoms with van der Waals surface area (Å²) in [4.78, 5) is 0. The first-order valence-electron chi connectivity index (χ1n) is 3.03. The van der Waals surface area contributed by atoms with Crippen LogP contribution in [0, 0.1) is 11.8 Å². The van der Waals surface area contributed by atoms with Crippen molar-refractivity contribution in [2.24, 2.45) is 11.8 Å². The Hall–Kier alpha value is 0.730. The molecule has 1 unspecified atom stereocenters. The van der Waals surface area contributed by atoms with Gasteiger partial charge in [0.15, 0.2) is 0 Å². The summed E-state index contributed by atoms with van der Waals surface area (Å²) in [6.07, 6.45) is 4.60. The highest BCUT2D eigenvalue weighted by atomic mass is 127. The smallest absolute Gasteiger partial charge is 0.0172 e. The molecule has 3 atom stereocenters. The number of hydrogen-bond donors (Lipinski definition) is 0. The number of hydrogen-bond acceptors (Lipinski definition) is 0. The minimum absolute atomic E-state index is 1.09. The van der Waals surface area contributed by atoms with E-state index < -0.39 is 0 Å². The van der Waals surface area contributed by atoms with Gasteiger partial charge in [0.25, 0.3) is 0 Å². The van der Waals surface area contributed by atoms with Crippen LogP contribution in [0.2, 0.25) is 0 Å². The highest BCUT2D eigenvalue weighted by molar-refractivity contribution is 14.1. The molecule has 0 amide bonds. The monoisotopic (exact) mass is 208 g/mol. The van der Waals surface area contributed by atoms with Crippen molar-refractivity contribution in [1.82, 2.24) is 0 Å². The predicted octanol–water partition coefficient (Wildman–Crippen LogP) is 2.22. The molecule has 2 saturated carbocycles. The van der Waals surface area contributed by atoms with Gasteiger partial charge in [-0.15, -0.1) is 0 Å². The molecule has 0 aromatic rings. The second-order valence-electron chi connectivity index (χ2n) is 2.70. The number of fused-ring (bicyclic) bond motifs is 1. The van der Waals surface area contributed by atoms with E-state index in [1.54, 1.807) is 0 Å². The SMILES string of the molecule is IC1[C@H]2CCC[C@@H]12. The largest absolute Gasteiger partial charge is 0.0820 e. The molecule has 0 aromatic heterocycles. The van der Waals surface area contributed by atoms with Crippen LogP contribution in [0.4, 0.5) is 0 Å². The number of rotatable bonds is 0. The Morgan fingerprint density at radius 1 is 1.14 bits per heavy atom. The van der Waals surface area contributed by atoms with Crippen LogP contribution < -0.4 is 0 Å². The topological polar surface area (TPSA) is 0 Å². The summed E-state index contributed by atoms with van der Waals surface area (Å²) in [5.74, 6) is 2.33. The van der Waals surface area contributed by atoms with Crippen molar-refractivity contribution in [3.8, 4) is 0 Å². The van der Waals surface area contributed by atoms with Gasteiger partial charge >= 0.3 is 0 Å². The fourth-order valence-electron chi connectivity index (χ4n) is 1.73. The molecule has 0 bridgehead atoms. The van der Waals surface area contributed by atoms with Crippen LogP contribution in [-0.2, 0) is 0 Å². The molecule has 1 heteroatoms. The Morgan fingerprint density at radius 2 is 1.71 bits per heavy atom. The Kier molecular flexibility index (Phi) is 0.895. The van der Waals surface area contributed by atoms with Gasteiger partial charge in [-0.25, -0.2) is 0 Å². The second kappa shape index (κ2) is 1.36. The van der Waals surface area contributed by atoms with Gasteiger partial charge in [-0.3, -0.25) is 0 Å². The first kappa shape index (κ1) is 4.59. The molecule has 2 rings (SSSR count). The van der Waals surface area contributed by atoms with Gasteiger partial charge in [-0.1, -0.05) is 29.0 Å². The van der Waals surface area contributed by atoms with Crippen molar-refractivity contribution < 1.29 is 0 Å². The molecular weight excluding hydrogens is 199 g/mol. The summed E-state index contributed by atoms with van der Waals surface area (Å²) < 4.78 is 1.09. The number of alkyl halides is 1. The molecule has 0 N–H and O–H groups in total. The van der Waals surface area contributed by atoms with E-state index in [0.717, 1.165) is 3.92 Å². The predicted molar refractivity (Wildman–Crippen MR) is 38.6 cm³/mol. The first-order valence-corrected chi connectivity index (χ1v) is 4.28. The molecule has 2 aliphatic carbocycles. The van der Waals surface area contributed by atoms with Gasteiger partial charge in [0, 0.05) is 3.92 Å². The van der Waals surface area contributed by atoms with Gasteiger partial charge < -0.3 is 0 Å². The molecule has 0 nitrogen and oxygen atoms in total. The van der Waals surface area contributed by atoms with E-state index in [0.29, 0.717) is 0 Å². The maximum Gasteiger partial charge on any atom is 0.0172 e. The normalized spacial score (nSPS) is 57.0. The first-order chi connectivity index (χ1) is 3.39. The van der Waals surface area contributed by atoms with Crippen molar-refractivity contribution in [2.45, 2.75) is 23.2 Å². The molecule has 0 aliphatic heterocycles. The van der Waals surface area contributed by atoms with Crippen LogP contribution in [0.3, 0.4) is 0 Å². The van der Waals surface area contributed by atoms with E-state index in [-0.39, 0.29) is 0 Å². The summed E-state index contributed by atoms with van der Waals surface area (Å²) in [7, 11) is 0. The average molecular weight is 208 g/mol. The minimum atomic E-state index is 1.09. The molecule has 0 heterocycles. The maximum atomic E-state index is 2.59. The molecule has 0 aromatic carbocycles. The van der Waals surface area contributed by atoms with Crippen LogP contribution in [0.1, 0.15) is 19.3 Å². The zero-order chi connectivity index (χ0) is 4.85. The molecule has 7 heavy (non-hydrogen) atoms. The summed E-state index contributed by atoms with van der Waals surface area (Å²) in [6, 6.07) is 0. The lowest BCUT2D eigenvalue weighted by Crippen LogP contribution is -1.78. The standard InChI is InChI=1S/C6H9I/c7-6-4-2-1-3-5(4)6/h4-6H,1-3H2/t4-,5+,6?. The van der Waals surface area contributed by atoms with Crippen LogP contribution >= 0.6 is 22.6 Å². The lowest BCUT2D eigenvalue weighted by molar-refractivity contribution is 0.751. The van der Waals surface area contributed by atoms with Gasteiger partial charge in [-0.2, -0.15) is 0 Å². The van der Waals surface area contributed by atoms with Gasteiger partial charge in [-0.05, 0) is 24.7 Å². The van der Waals surface area contributed by atoms with Crippen LogP contribution in [0.5, 0.6) is 0 Å². The summed E-state index contributed by atoms with van der Waals surface area (Å²) in [5.41, 5.74) is 0. The maximum absolute atomic E-state index is 2.59. The van der Waals surface area contributed by atoms with E-state index >= 15 is 0 Å². The van der Waals surface area contributed by atoms with Crippen molar-refractivity contribution in [3.63, 3.8) is 0 Å². The highest BCUT2D eigenvalue weighted by Crippen LogP contribution is 2.56. The fraction of sp³-hybridized carbons (Fsp3) is 1.00. The van der Waals surface area contributed by atoms with Crippen molar-refractivity contribution in [3.05, 3.63) is 0 Å². The van der Waals surface area contributed by atoms with E-state index in [9.17, 15) is 0 Å². The van der Waals surface area contributed by atoms with Crippen LogP contribution in [0.25, 0.3) is 0 Å². The fourth-order valence-corrected chi connectivity index (χ4v) is 3.28. The van der Waals surface area contributed by atoms with E-state index in [1.165, 1.54) is 31.1 Å². The van der Waals surface area contributed by atoms with E-state index in [2.05, 4.69) is 22.6 Å². The molecule has 40 valence electrons. The minimum Gasteiger partial charge on any atom is -0.0820 e. The quantitative estimate of drug-likeness (QED) is 0.423. The molecule has 0 saturated heterocycles. The third-order valence-corrected chi connectivity index (χ3v) is 4.15. The molecule has 2 fully saturated rings. The lowest BCUT2D eigenvalue weighted by atomic mass is 10.3. The Bertz CT molecular complexity index is 80.2. The lowest BCUT2D eigenvalue weighted by Gasteiger charge is -1.88. The van der Waals surface area contributed by atoms with Gasteiger partial charge in [0.2, 0.25) is 0 Å². The van der Waals surface area contributed by atoms with Crippen LogP contribution in [-0.4, -0.2) is 3.92 Å². The zero-order valence-electron chi connectivity index (χ0n) is 4.23. The molecular formula is C6H9I. The molecule has 2 aliphatic rings. The summed E-state index contributed by atoms with van der Waals surface area (Å²) >= 11 is 2.59. The third kappa shape index (κ3) is 0.538.